The van der Waals surface area contributed by atoms with E-state index in [4.69, 9.17) is 15.2 Å². The number of methoxy groups -OCH3 is 2. The highest BCUT2D eigenvalue weighted by molar-refractivity contribution is 5.92. The van der Waals surface area contributed by atoms with E-state index < -0.39 is 0 Å². The molecule has 5 nitrogen and oxygen atoms in total. The predicted molar refractivity (Wildman–Crippen MR) is 74.9 cm³/mol. The van der Waals surface area contributed by atoms with Gasteiger partial charge in [-0.15, -0.1) is 0 Å². The first-order chi connectivity index (χ1) is 9.16. The minimum Gasteiger partial charge on any atom is -0.493 e. The Hall–Kier alpha value is -1.91. The first-order valence-electron chi connectivity index (χ1n) is 6.49. The van der Waals surface area contributed by atoms with Gasteiger partial charge in [-0.2, -0.15) is 0 Å². The maximum Gasteiger partial charge on any atom is 0.193 e. The van der Waals surface area contributed by atoms with Gasteiger partial charge in [0.25, 0.3) is 0 Å². The number of ether oxygens (including phenoxy) is 2. The van der Waals surface area contributed by atoms with Crippen LogP contribution in [0, 0.1) is 5.41 Å². The van der Waals surface area contributed by atoms with Crippen molar-refractivity contribution in [2.24, 2.45) is 16.1 Å². The number of hydrogen-bond acceptors (Lipinski definition) is 3. The van der Waals surface area contributed by atoms with Crippen molar-refractivity contribution in [3.05, 3.63) is 18.2 Å². The molecule has 1 aromatic rings. The molecule has 2 aliphatic rings. The summed E-state index contributed by atoms with van der Waals surface area (Å²) in [6, 6.07) is 6.01. The Balaban J connectivity index is 1.68. The van der Waals surface area contributed by atoms with Gasteiger partial charge in [0.2, 0.25) is 0 Å². The third-order valence-corrected chi connectivity index (χ3v) is 3.99. The standard InChI is InChI=1S/C14H19N3O2/c1-18-10-4-3-9(7-11(10)19-2)16-13(15)17-12-8-14(12)5-6-14/h3-4,7,12H,5-6,8H2,1-2H3,(H3,15,16,17). The molecule has 0 aromatic heterocycles. The lowest BCUT2D eigenvalue weighted by Gasteiger charge is -2.10. The molecule has 3 rings (SSSR count). The van der Waals surface area contributed by atoms with Gasteiger partial charge in [0, 0.05) is 11.8 Å². The van der Waals surface area contributed by atoms with Gasteiger partial charge >= 0.3 is 0 Å². The van der Waals surface area contributed by atoms with Crippen molar-refractivity contribution in [1.29, 1.82) is 0 Å². The number of aliphatic imine (C=N–C) groups is 1. The summed E-state index contributed by atoms with van der Waals surface area (Å²) < 4.78 is 10.4. The Labute approximate surface area is 112 Å². The molecule has 1 atom stereocenters. The van der Waals surface area contributed by atoms with Gasteiger partial charge < -0.3 is 20.5 Å². The van der Waals surface area contributed by atoms with Crippen molar-refractivity contribution < 1.29 is 9.47 Å². The molecule has 0 heterocycles. The van der Waals surface area contributed by atoms with Crippen LogP contribution in [0.25, 0.3) is 0 Å². The molecule has 19 heavy (non-hydrogen) atoms. The van der Waals surface area contributed by atoms with Gasteiger partial charge in [-0.25, -0.2) is 4.99 Å². The van der Waals surface area contributed by atoms with Crippen LogP contribution in [0.5, 0.6) is 11.5 Å². The normalized spacial score (nSPS) is 23.1. The Bertz CT molecular complexity index is 523. The van der Waals surface area contributed by atoms with Gasteiger partial charge in [-0.3, -0.25) is 0 Å². The number of rotatable bonds is 4. The van der Waals surface area contributed by atoms with Crippen LogP contribution < -0.4 is 20.5 Å². The third kappa shape index (κ3) is 2.32. The van der Waals surface area contributed by atoms with E-state index in [-0.39, 0.29) is 0 Å². The molecule has 1 spiro atoms. The zero-order valence-electron chi connectivity index (χ0n) is 11.3. The molecule has 1 aromatic carbocycles. The van der Waals surface area contributed by atoms with Crippen LogP contribution in [0.3, 0.4) is 0 Å². The number of nitrogens with two attached hydrogens (primary N) is 1. The molecule has 3 N–H and O–H groups in total. The maximum atomic E-state index is 5.92. The van der Waals surface area contributed by atoms with Crippen LogP contribution in [0.15, 0.2) is 23.2 Å². The van der Waals surface area contributed by atoms with Crippen molar-refractivity contribution >= 4 is 11.6 Å². The first kappa shape index (κ1) is 12.1. The summed E-state index contributed by atoms with van der Waals surface area (Å²) >= 11 is 0. The molecule has 0 radical (unpaired) electrons. The van der Waals surface area contributed by atoms with E-state index >= 15 is 0 Å². The second-order valence-electron chi connectivity index (χ2n) is 5.29. The van der Waals surface area contributed by atoms with Crippen LogP contribution in [-0.4, -0.2) is 26.2 Å². The summed E-state index contributed by atoms with van der Waals surface area (Å²) in [5.74, 6) is 1.84. The van der Waals surface area contributed by atoms with Gasteiger partial charge in [0.1, 0.15) is 0 Å². The van der Waals surface area contributed by atoms with E-state index in [0.29, 0.717) is 28.9 Å². The lowest BCUT2D eigenvalue weighted by atomic mass is 10.3. The highest BCUT2D eigenvalue weighted by atomic mass is 16.5. The van der Waals surface area contributed by atoms with Gasteiger partial charge in [0.05, 0.1) is 20.3 Å². The topological polar surface area (TPSA) is 68.9 Å². The minimum atomic E-state index is 0.431. The molecular weight excluding hydrogens is 242 g/mol. The summed E-state index contributed by atoms with van der Waals surface area (Å²) in [6.07, 6.45) is 3.82. The average Bonchev–Trinajstić information content (AvgIpc) is 3.31. The molecule has 1 unspecified atom stereocenters. The quantitative estimate of drug-likeness (QED) is 0.642. The minimum absolute atomic E-state index is 0.431. The van der Waals surface area contributed by atoms with Crippen molar-refractivity contribution in [3.63, 3.8) is 0 Å². The molecular formula is C14H19N3O2. The van der Waals surface area contributed by atoms with E-state index in [2.05, 4.69) is 10.3 Å². The van der Waals surface area contributed by atoms with Crippen LogP contribution in [-0.2, 0) is 0 Å². The highest BCUT2D eigenvalue weighted by Gasteiger charge is 2.63. The number of nitrogens with zero attached hydrogens (tertiary/aromatic N) is 1. The lowest BCUT2D eigenvalue weighted by molar-refractivity contribution is 0.355. The van der Waals surface area contributed by atoms with E-state index in [1.165, 1.54) is 19.3 Å². The fourth-order valence-corrected chi connectivity index (χ4v) is 2.47. The molecule has 0 amide bonds. The van der Waals surface area contributed by atoms with Crippen molar-refractivity contribution in [2.45, 2.75) is 25.3 Å². The lowest BCUT2D eigenvalue weighted by Crippen LogP contribution is -2.23. The summed E-state index contributed by atoms with van der Waals surface area (Å²) in [6.45, 7) is 0. The fraction of sp³-hybridized carbons (Fsp3) is 0.500. The summed E-state index contributed by atoms with van der Waals surface area (Å²) in [5, 5.41) is 3.10. The van der Waals surface area contributed by atoms with Crippen molar-refractivity contribution in [1.82, 2.24) is 0 Å². The maximum absolute atomic E-state index is 5.92. The van der Waals surface area contributed by atoms with E-state index in [9.17, 15) is 0 Å². The molecule has 2 fully saturated rings. The molecule has 5 heteroatoms. The number of nitrogens with one attached hydrogen (secondary N) is 1. The van der Waals surface area contributed by atoms with Crippen molar-refractivity contribution in [3.8, 4) is 11.5 Å². The molecule has 102 valence electrons. The molecule has 0 bridgehead atoms. The summed E-state index contributed by atoms with van der Waals surface area (Å²) in [7, 11) is 3.23. The largest absolute Gasteiger partial charge is 0.493 e. The summed E-state index contributed by atoms with van der Waals surface area (Å²) in [4.78, 5) is 4.51. The zero-order valence-corrected chi connectivity index (χ0v) is 11.3. The first-order valence-corrected chi connectivity index (χ1v) is 6.49. The van der Waals surface area contributed by atoms with Gasteiger partial charge in [0.15, 0.2) is 17.5 Å². The number of benzene rings is 1. The highest BCUT2D eigenvalue weighted by Crippen LogP contribution is 2.67. The van der Waals surface area contributed by atoms with Crippen LogP contribution in [0.1, 0.15) is 19.3 Å². The SMILES string of the molecule is COc1ccc(NC(N)=NC2CC23CC3)cc1OC. The third-order valence-electron chi connectivity index (χ3n) is 3.99. The average molecular weight is 261 g/mol. The molecule has 0 aliphatic heterocycles. The Morgan fingerprint density at radius 2 is 2.05 bits per heavy atom. The van der Waals surface area contributed by atoms with Crippen molar-refractivity contribution in [2.75, 3.05) is 19.5 Å². The Morgan fingerprint density at radius 3 is 2.63 bits per heavy atom. The second-order valence-corrected chi connectivity index (χ2v) is 5.29. The predicted octanol–water partition coefficient (Wildman–Crippen LogP) is 1.98. The van der Waals surface area contributed by atoms with E-state index in [0.717, 1.165) is 5.69 Å². The molecule has 2 saturated carbocycles. The van der Waals surface area contributed by atoms with Gasteiger partial charge in [-0.05, 0) is 36.8 Å². The Kier molecular flexibility index (Phi) is 2.77. The van der Waals surface area contributed by atoms with Crippen LogP contribution in [0.4, 0.5) is 5.69 Å². The monoisotopic (exact) mass is 261 g/mol. The van der Waals surface area contributed by atoms with Crippen LogP contribution in [0.2, 0.25) is 0 Å². The number of guanidine groups is 1. The second kappa shape index (κ2) is 4.33. The number of anilines is 1. The molecule has 0 saturated heterocycles. The number of hydrogen-bond donors (Lipinski definition) is 2. The fourth-order valence-electron chi connectivity index (χ4n) is 2.47. The van der Waals surface area contributed by atoms with E-state index in [1.54, 1.807) is 14.2 Å². The molecule has 2 aliphatic carbocycles. The smallest absolute Gasteiger partial charge is 0.193 e. The zero-order chi connectivity index (χ0) is 13.5. The Morgan fingerprint density at radius 1 is 1.32 bits per heavy atom. The van der Waals surface area contributed by atoms with E-state index in [1.807, 2.05) is 18.2 Å². The van der Waals surface area contributed by atoms with Gasteiger partial charge in [-0.1, -0.05) is 0 Å². The van der Waals surface area contributed by atoms with Crippen LogP contribution >= 0.6 is 0 Å². The summed E-state index contributed by atoms with van der Waals surface area (Å²) in [5.41, 5.74) is 7.31.